The topological polar surface area (TPSA) is 58.9 Å². The number of phenolic OH excluding ortho intramolecular Hbond substituents is 1. The van der Waals surface area contributed by atoms with Crippen molar-refractivity contribution in [3.05, 3.63) is 33.8 Å². The van der Waals surface area contributed by atoms with E-state index < -0.39 is 5.97 Å². The van der Waals surface area contributed by atoms with E-state index in [2.05, 4.69) is 25.9 Å². The van der Waals surface area contributed by atoms with E-state index in [9.17, 15) is 9.90 Å². The van der Waals surface area contributed by atoms with E-state index in [1.165, 1.54) is 0 Å². The number of phenols is 1. The lowest BCUT2D eigenvalue weighted by Gasteiger charge is -1.99. The molecular formula is C11H8BrNO3. The monoisotopic (exact) mass is 281 g/mol. The molecule has 0 unspecified atom stereocenters. The molecule has 2 rings (SSSR count). The number of hydrogen-bond acceptors (Lipinski definition) is 4. The van der Waals surface area contributed by atoms with Crippen LogP contribution in [0.3, 0.4) is 0 Å². The Morgan fingerprint density at radius 2 is 2.25 bits per heavy atom. The third kappa shape index (κ3) is 1.99. The molecule has 0 bridgehead atoms. The maximum atomic E-state index is 11.3. The molecule has 0 fully saturated rings. The predicted octanol–water partition coefficient (Wildman–Crippen LogP) is 2.47. The number of halogens is 1. The van der Waals surface area contributed by atoms with Crippen LogP contribution in [-0.2, 0) is 9.63 Å². The van der Waals surface area contributed by atoms with Crippen LogP contribution in [0.2, 0.25) is 0 Å². The molecule has 0 spiro atoms. The van der Waals surface area contributed by atoms with Crippen LogP contribution in [0.5, 0.6) is 5.75 Å². The van der Waals surface area contributed by atoms with Gasteiger partial charge in [0, 0.05) is 0 Å². The molecule has 5 heteroatoms. The van der Waals surface area contributed by atoms with E-state index in [0.717, 1.165) is 5.56 Å². The lowest BCUT2D eigenvalue weighted by molar-refractivity contribution is -0.136. The molecule has 0 saturated heterocycles. The number of benzene rings is 1. The Kier molecular flexibility index (Phi) is 2.78. The first-order chi connectivity index (χ1) is 7.58. The summed E-state index contributed by atoms with van der Waals surface area (Å²) in [5.74, 6) is -0.303. The van der Waals surface area contributed by atoms with Gasteiger partial charge >= 0.3 is 5.97 Å². The summed E-state index contributed by atoms with van der Waals surface area (Å²) >= 11 is 3.20. The fourth-order valence-electron chi connectivity index (χ4n) is 1.30. The first-order valence-corrected chi connectivity index (χ1v) is 5.34. The van der Waals surface area contributed by atoms with Gasteiger partial charge in [-0.25, -0.2) is 4.79 Å². The van der Waals surface area contributed by atoms with Crippen molar-refractivity contribution in [1.82, 2.24) is 0 Å². The second kappa shape index (κ2) is 4.09. The summed E-state index contributed by atoms with van der Waals surface area (Å²) in [6.07, 6.45) is 1.67. The van der Waals surface area contributed by atoms with Crippen LogP contribution >= 0.6 is 15.9 Å². The Labute approximate surface area is 100 Å². The van der Waals surface area contributed by atoms with Gasteiger partial charge in [0.05, 0.1) is 15.8 Å². The molecule has 1 aromatic carbocycles. The smallest absolute Gasteiger partial charge is 0.367 e. The molecule has 16 heavy (non-hydrogen) atoms. The minimum Gasteiger partial charge on any atom is -0.507 e. The van der Waals surface area contributed by atoms with Crippen LogP contribution in [0.4, 0.5) is 0 Å². The van der Waals surface area contributed by atoms with Crippen molar-refractivity contribution in [3.8, 4) is 5.75 Å². The molecule has 1 heterocycles. The zero-order valence-electron chi connectivity index (χ0n) is 8.40. The van der Waals surface area contributed by atoms with Crippen molar-refractivity contribution in [1.29, 1.82) is 0 Å². The fraction of sp³-hybridized carbons (Fsp3) is 0.0909. The quantitative estimate of drug-likeness (QED) is 0.636. The van der Waals surface area contributed by atoms with Crippen molar-refractivity contribution < 1.29 is 14.7 Å². The number of rotatable bonds is 1. The summed E-state index contributed by atoms with van der Waals surface area (Å²) in [4.78, 5) is 15.8. The molecule has 1 aliphatic heterocycles. The minimum atomic E-state index is -0.457. The van der Waals surface area contributed by atoms with E-state index in [4.69, 9.17) is 0 Å². The SMILES string of the molecule is CC1=NOC(=O)/C1=C/c1ccc(O)c(Br)c1. The Balaban J connectivity index is 2.39. The van der Waals surface area contributed by atoms with Crippen LogP contribution in [0.25, 0.3) is 6.08 Å². The number of carbonyl (C=O) groups is 1. The van der Waals surface area contributed by atoms with Crippen LogP contribution < -0.4 is 0 Å². The molecule has 0 saturated carbocycles. The van der Waals surface area contributed by atoms with E-state index in [1.807, 2.05) is 0 Å². The van der Waals surface area contributed by atoms with Gasteiger partial charge in [-0.1, -0.05) is 11.2 Å². The number of oxime groups is 1. The molecule has 0 aromatic heterocycles. The number of nitrogens with zero attached hydrogens (tertiary/aromatic N) is 1. The predicted molar refractivity (Wildman–Crippen MR) is 63.0 cm³/mol. The third-order valence-electron chi connectivity index (χ3n) is 2.16. The maximum Gasteiger partial charge on any atom is 0.367 e. The second-order valence-electron chi connectivity index (χ2n) is 3.32. The zero-order valence-corrected chi connectivity index (χ0v) is 9.98. The summed E-state index contributed by atoms with van der Waals surface area (Å²) in [5.41, 5.74) is 1.76. The van der Waals surface area contributed by atoms with Gasteiger partial charge in [0.15, 0.2) is 0 Å². The molecular weight excluding hydrogens is 274 g/mol. The normalized spacial score (nSPS) is 17.5. The van der Waals surface area contributed by atoms with Crippen LogP contribution in [-0.4, -0.2) is 16.8 Å². The Bertz CT molecular complexity index is 520. The highest BCUT2D eigenvalue weighted by Crippen LogP contribution is 2.26. The van der Waals surface area contributed by atoms with E-state index in [-0.39, 0.29) is 5.75 Å². The minimum absolute atomic E-state index is 0.154. The summed E-state index contributed by atoms with van der Waals surface area (Å²) in [6.45, 7) is 1.70. The average molecular weight is 282 g/mol. The second-order valence-corrected chi connectivity index (χ2v) is 4.18. The van der Waals surface area contributed by atoms with Crippen LogP contribution in [0, 0.1) is 0 Å². The number of hydrogen-bond donors (Lipinski definition) is 1. The first kappa shape index (κ1) is 10.9. The van der Waals surface area contributed by atoms with Crippen molar-refractivity contribution in [3.63, 3.8) is 0 Å². The molecule has 0 amide bonds. The molecule has 82 valence electrons. The van der Waals surface area contributed by atoms with Crippen LogP contribution in [0.15, 0.2) is 33.4 Å². The molecule has 1 aliphatic rings. The summed E-state index contributed by atoms with van der Waals surface area (Å²) in [6, 6.07) is 4.95. The van der Waals surface area contributed by atoms with E-state index in [0.29, 0.717) is 15.8 Å². The van der Waals surface area contributed by atoms with Crippen LogP contribution in [0.1, 0.15) is 12.5 Å². The summed E-state index contributed by atoms with van der Waals surface area (Å²) in [5, 5.41) is 12.9. The van der Waals surface area contributed by atoms with Crippen molar-refractivity contribution in [2.45, 2.75) is 6.92 Å². The first-order valence-electron chi connectivity index (χ1n) is 4.54. The van der Waals surface area contributed by atoms with Gasteiger partial charge in [-0.2, -0.15) is 0 Å². The van der Waals surface area contributed by atoms with E-state index in [1.54, 1.807) is 31.2 Å². The maximum absolute atomic E-state index is 11.3. The van der Waals surface area contributed by atoms with Gasteiger partial charge in [-0.3, -0.25) is 0 Å². The van der Waals surface area contributed by atoms with Crippen molar-refractivity contribution in [2.75, 3.05) is 0 Å². The molecule has 1 aromatic rings. The summed E-state index contributed by atoms with van der Waals surface area (Å²) < 4.78 is 0.572. The van der Waals surface area contributed by atoms with Gasteiger partial charge in [0.2, 0.25) is 0 Å². The Hall–Kier alpha value is -1.62. The van der Waals surface area contributed by atoms with Gasteiger partial charge in [0.25, 0.3) is 0 Å². The van der Waals surface area contributed by atoms with Gasteiger partial charge in [0.1, 0.15) is 5.75 Å². The highest BCUT2D eigenvalue weighted by atomic mass is 79.9. The molecule has 4 nitrogen and oxygen atoms in total. The highest BCUT2D eigenvalue weighted by molar-refractivity contribution is 9.10. The standard InChI is InChI=1S/C11H8BrNO3/c1-6-8(11(15)16-13-6)4-7-2-3-10(14)9(12)5-7/h2-5,14H,1H3/b8-4+. The highest BCUT2D eigenvalue weighted by Gasteiger charge is 2.21. The molecule has 0 radical (unpaired) electrons. The van der Waals surface area contributed by atoms with Crippen molar-refractivity contribution in [2.24, 2.45) is 5.16 Å². The lowest BCUT2D eigenvalue weighted by Crippen LogP contribution is -2.01. The molecule has 0 aliphatic carbocycles. The average Bonchev–Trinajstić information content (AvgIpc) is 2.55. The molecule has 1 N–H and O–H groups in total. The molecule has 0 atom stereocenters. The third-order valence-corrected chi connectivity index (χ3v) is 2.79. The lowest BCUT2D eigenvalue weighted by atomic mass is 10.1. The van der Waals surface area contributed by atoms with Gasteiger partial charge in [-0.05, 0) is 46.6 Å². The summed E-state index contributed by atoms with van der Waals surface area (Å²) in [7, 11) is 0. The van der Waals surface area contributed by atoms with E-state index >= 15 is 0 Å². The van der Waals surface area contributed by atoms with Crippen molar-refractivity contribution >= 4 is 33.7 Å². The van der Waals surface area contributed by atoms with Gasteiger partial charge in [-0.15, -0.1) is 0 Å². The largest absolute Gasteiger partial charge is 0.507 e. The zero-order chi connectivity index (χ0) is 11.7. The Morgan fingerprint density at radius 1 is 1.50 bits per heavy atom. The van der Waals surface area contributed by atoms with Gasteiger partial charge < -0.3 is 9.94 Å². The number of aromatic hydroxyl groups is 1. The fourth-order valence-corrected chi connectivity index (χ4v) is 1.70. The Morgan fingerprint density at radius 3 is 2.81 bits per heavy atom. The number of carbonyl (C=O) groups excluding carboxylic acids is 1.